The van der Waals surface area contributed by atoms with Crippen LogP contribution in [0, 0.1) is 5.92 Å². The summed E-state index contributed by atoms with van der Waals surface area (Å²) in [5.41, 5.74) is 0. The lowest BCUT2D eigenvalue weighted by Crippen LogP contribution is -2.37. The van der Waals surface area contributed by atoms with Gasteiger partial charge in [0, 0.05) is 20.1 Å². The van der Waals surface area contributed by atoms with Gasteiger partial charge in [0.05, 0.1) is 51.9 Å². The van der Waals surface area contributed by atoms with Gasteiger partial charge in [0.2, 0.25) is 0 Å². The summed E-state index contributed by atoms with van der Waals surface area (Å²) in [5.74, 6) is 1.33. The van der Waals surface area contributed by atoms with Crippen LogP contribution < -0.4 is 0 Å². The molecule has 1 rings (SSSR count). The van der Waals surface area contributed by atoms with Crippen molar-refractivity contribution in [1.29, 1.82) is 0 Å². The summed E-state index contributed by atoms with van der Waals surface area (Å²) < 4.78 is 36.6. The molecular weight excluding hydrogens is 446 g/mol. The first-order chi connectivity index (χ1) is 16.2. The zero-order valence-electron chi connectivity index (χ0n) is 23.2. The van der Waals surface area contributed by atoms with E-state index < -0.39 is 9.84 Å². The standard InChI is InChI=1S/C28H58NO4S/c1-29(2,3)22-18-24-34(30,31)26-28(32-4)25-33-23-17-12-10-8-6-5-7-9-11-14-19-27-20-15-13-16-21-27/h27-28H,5-26H2,1-4H3/q+1. The third-order valence-corrected chi connectivity index (χ3v) is 9.03. The third kappa shape index (κ3) is 19.1. The van der Waals surface area contributed by atoms with Gasteiger partial charge in [-0.2, -0.15) is 0 Å². The molecular formula is C28H58NO4S+. The molecule has 0 heterocycles. The SMILES string of the molecule is COC(COCCCCCCCCCCCCC1CCCCC1)CS(=O)(=O)CCC[N+](C)(C)C. The van der Waals surface area contributed by atoms with Crippen LogP contribution in [0.15, 0.2) is 0 Å². The largest absolute Gasteiger partial charge is 0.379 e. The summed E-state index contributed by atoms with van der Waals surface area (Å²) in [6.45, 7) is 1.92. The minimum Gasteiger partial charge on any atom is -0.379 e. The minimum absolute atomic E-state index is 0.0568. The Morgan fingerprint density at radius 2 is 1.35 bits per heavy atom. The van der Waals surface area contributed by atoms with Crippen LogP contribution in [-0.2, 0) is 19.3 Å². The van der Waals surface area contributed by atoms with Crippen molar-refractivity contribution in [2.75, 3.05) is 59.5 Å². The van der Waals surface area contributed by atoms with Crippen molar-refractivity contribution in [3.63, 3.8) is 0 Å². The maximum Gasteiger partial charge on any atom is 0.153 e. The van der Waals surface area contributed by atoms with E-state index in [1.165, 1.54) is 96.3 Å². The van der Waals surface area contributed by atoms with Gasteiger partial charge in [-0.3, -0.25) is 0 Å². The highest BCUT2D eigenvalue weighted by Crippen LogP contribution is 2.28. The van der Waals surface area contributed by atoms with Crippen molar-refractivity contribution >= 4 is 9.84 Å². The minimum atomic E-state index is -3.10. The number of quaternary nitrogens is 1. The van der Waals surface area contributed by atoms with Crippen molar-refractivity contribution in [2.45, 2.75) is 115 Å². The van der Waals surface area contributed by atoms with Crippen molar-refractivity contribution in [2.24, 2.45) is 5.92 Å². The Bertz CT molecular complexity index is 567. The molecule has 0 aromatic heterocycles. The lowest BCUT2D eigenvalue weighted by atomic mass is 9.85. The van der Waals surface area contributed by atoms with Gasteiger partial charge in [0.1, 0.15) is 0 Å². The molecule has 204 valence electrons. The quantitative estimate of drug-likeness (QED) is 0.126. The second-order valence-electron chi connectivity index (χ2n) is 11.7. The number of unbranched alkanes of at least 4 members (excludes halogenated alkanes) is 9. The summed E-state index contributed by atoms with van der Waals surface area (Å²) in [6, 6.07) is 0. The molecule has 34 heavy (non-hydrogen) atoms. The molecule has 1 aliphatic rings. The van der Waals surface area contributed by atoms with E-state index in [1.807, 2.05) is 0 Å². The van der Waals surface area contributed by atoms with E-state index in [4.69, 9.17) is 9.47 Å². The van der Waals surface area contributed by atoms with Gasteiger partial charge >= 0.3 is 0 Å². The van der Waals surface area contributed by atoms with Gasteiger partial charge in [-0.1, -0.05) is 96.3 Å². The summed E-state index contributed by atoms with van der Waals surface area (Å²) >= 11 is 0. The number of ether oxygens (including phenoxy) is 2. The maximum atomic E-state index is 12.3. The Kier molecular flexibility index (Phi) is 17.8. The molecule has 1 unspecified atom stereocenters. The number of methoxy groups -OCH3 is 1. The summed E-state index contributed by atoms with van der Waals surface area (Å²) in [4.78, 5) is 0. The monoisotopic (exact) mass is 504 g/mol. The molecule has 0 aromatic carbocycles. The third-order valence-electron chi connectivity index (χ3n) is 7.24. The molecule has 1 aliphatic carbocycles. The van der Waals surface area contributed by atoms with Gasteiger partial charge in [-0.25, -0.2) is 8.42 Å². The predicted molar refractivity (Wildman–Crippen MR) is 145 cm³/mol. The Balaban J connectivity index is 1.89. The van der Waals surface area contributed by atoms with Crippen molar-refractivity contribution < 1.29 is 22.4 Å². The Labute approximate surface area is 212 Å². The number of nitrogens with zero attached hydrogens (tertiary/aromatic N) is 1. The summed E-state index contributed by atoms with van der Waals surface area (Å²) in [7, 11) is 4.72. The smallest absolute Gasteiger partial charge is 0.153 e. The van der Waals surface area contributed by atoms with Crippen LogP contribution in [0.2, 0.25) is 0 Å². The second-order valence-corrected chi connectivity index (χ2v) is 14.0. The van der Waals surface area contributed by atoms with Crippen LogP contribution in [0.25, 0.3) is 0 Å². The fourth-order valence-corrected chi connectivity index (χ4v) is 6.59. The predicted octanol–water partition coefficient (Wildman–Crippen LogP) is 6.40. The van der Waals surface area contributed by atoms with E-state index >= 15 is 0 Å². The van der Waals surface area contributed by atoms with Crippen molar-refractivity contribution in [1.82, 2.24) is 0 Å². The number of hydrogen-bond donors (Lipinski definition) is 0. The van der Waals surface area contributed by atoms with E-state index in [9.17, 15) is 8.42 Å². The van der Waals surface area contributed by atoms with Gasteiger partial charge < -0.3 is 14.0 Å². The molecule has 1 atom stereocenters. The number of sulfone groups is 1. The van der Waals surface area contributed by atoms with Crippen LogP contribution in [-0.4, -0.2) is 78.5 Å². The molecule has 0 radical (unpaired) electrons. The van der Waals surface area contributed by atoms with Crippen LogP contribution >= 0.6 is 0 Å². The highest BCUT2D eigenvalue weighted by Gasteiger charge is 2.20. The molecule has 1 saturated carbocycles. The van der Waals surface area contributed by atoms with Crippen LogP contribution in [0.5, 0.6) is 0 Å². The highest BCUT2D eigenvalue weighted by atomic mass is 32.2. The first-order valence-electron chi connectivity index (χ1n) is 14.3. The average molecular weight is 505 g/mol. The number of rotatable bonds is 22. The van der Waals surface area contributed by atoms with E-state index in [1.54, 1.807) is 7.11 Å². The Morgan fingerprint density at radius 1 is 0.794 bits per heavy atom. The van der Waals surface area contributed by atoms with E-state index in [0.29, 0.717) is 19.6 Å². The first-order valence-corrected chi connectivity index (χ1v) is 16.2. The van der Waals surface area contributed by atoms with E-state index in [0.717, 1.165) is 23.4 Å². The van der Waals surface area contributed by atoms with Crippen molar-refractivity contribution in [3.8, 4) is 0 Å². The van der Waals surface area contributed by atoms with Crippen molar-refractivity contribution in [3.05, 3.63) is 0 Å². The lowest BCUT2D eigenvalue weighted by molar-refractivity contribution is -0.870. The van der Waals surface area contributed by atoms with Gasteiger partial charge in [0.15, 0.2) is 9.84 Å². The van der Waals surface area contributed by atoms with Gasteiger partial charge in [-0.05, 0) is 12.3 Å². The molecule has 0 aliphatic heterocycles. The first kappa shape index (κ1) is 31.9. The molecule has 0 amide bonds. The van der Waals surface area contributed by atoms with E-state index in [-0.39, 0.29) is 17.6 Å². The molecule has 6 heteroatoms. The Hall–Kier alpha value is -0.170. The number of hydrogen-bond acceptors (Lipinski definition) is 4. The fourth-order valence-electron chi connectivity index (χ4n) is 5.05. The summed E-state index contributed by atoms with van der Waals surface area (Å²) in [6.07, 6.45) is 22.6. The van der Waals surface area contributed by atoms with Crippen LogP contribution in [0.4, 0.5) is 0 Å². The molecule has 0 aromatic rings. The van der Waals surface area contributed by atoms with Crippen LogP contribution in [0.3, 0.4) is 0 Å². The molecule has 0 spiro atoms. The molecule has 5 nitrogen and oxygen atoms in total. The maximum absolute atomic E-state index is 12.3. The Morgan fingerprint density at radius 3 is 1.91 bits per heavy atom. The topological polar surface area (TPSA) is 52.6 Å². The molecule has 0 bridgehead atoms. The molecule has 0 saturated heterocycles. The highest BCUT2D eigenvalue weighted by molar-refractivity contribution is 7.91. The molecule has 1 fully saturated rings. The normalized spacial score (nSPS) is 16.7. The summed E-state index contributed by atoms with van der Waals surface area (Å²) in [5, 5.41) is 0. The van der Waals surface area contributed by atoms with E-state index in [2.05, 4.69) is 21.1 Å². The zero-order valence-corrected chi connectivity index (χ0v) is 24.0. The fraction of sp³-hybridized carbons (Fsp3) is 1.00. The zero-order chi connectivity index (χ0) is 25.1. The van der Waals surface area contributed by atoms with Crippen LogP contribution in [0.1, 0.15) is 109 Å². The van der Waals surface area contributed by atoms with Gasteiger partial charge in [-0.15, -0.1) is 0 Å². The second kappa shape index (κ2) is 19.0. The lowest BCUT2D eigenvalue weighted by Gasteiger charge is -2.23. The molecule has 0 N–H and O–H groups in total. The average Bonchev–Trinajstić information content (AvgIpc) is 2.78. The van der Waals surface area contributed by atoms with Gasteiger partial charge in [0.25, 0.3) is 0 Å².